The maximum Gasteiger partial charge on any atom is 0.270 e. The van der Waals surface area contributed by atoms with Gasteiger partial charge in [0.15, 0.2) is 5.78 Å². The Balaban J connectivity index is 1.31. The van der Waals surface area contributed by atoms with Crippen LogP contribution in [0.2, 0.25) is 0 Å². The maximum atomic E-state index is 12.8. The van der Waals surface area contributed by atoms with Crippen LogP contribution in [0.25, 0.3) is 0 Å². The number of hydrogen-bond acceptors (Lipinski definition) is 6. The van der Waals surface area contributed by atoms with E-state index in [0.29, 0.717) is 37.9 Å². The average molecular weight is 540 g/mol. The molecule has 9 heteroatoms. The lowest BCUT2D eigenvalue weighted by molar-refractivity contribution is 0.0914. The van der Waals surface area contributed by atoms with E-state index in [1.807, 2.05) is 24.3 Å². The quantitative estimate of drug-likeness (QED) is 0.401. The molecule has 4 aliphatic heterocycles. The number of amides is 3. The van der Waals surface area contributed by atoms with E-state index in [4.69, 9.17) is 0 Å². The number of benzene rings is 1. The molecule has 3 N–H and O–H groups in total. The Morgan fingerprint density at radius 1 is 0.525 bits per heavy atom. The predicted octanol–water partition coefficient (Wildman–Crippen LogP) is 3.50. The van der Waals surface area contributed by atoms with Crippen LogP contribution in [0.3, 0.4) is 0 Å². The molecule has 1 aromatic carbocycles. The molecule has 6 heterocycles. The predicted molar refractivity (Wildman–Crippen MR) is 149 cm³/mol. The molecule has 0 spiro atoms. The monoisotopic (exact) mass is 539 g/mol. The molecule has 40 heavy (non-hydrogen) atoms. The second-order valence-electron chi connectivity index (χ2n) is 10.5. The topological polar surface area (TPSA) is 130 Å². The molecule has 206 valence electrons. The zero-order valence-electron chi connectivity index (χ0n) is 22.3. The minimum atomic E-state index is -0.356. The Morgan fingerprint density at radius 3 is 1.52 bits per heavy atom. The molecule has 0 radical (unpaired) electrons. The summed E-state index contributed by atoms with van der Waals surface area (Å²) < 4.78 is 0. The number of hydrogen-bond donors (Lipinski definition) is 3. The summed E-state index contributed by atoms with van der Waals surface area (Å²) in [4.78, 5) is 59.6. The van der Waals surface area contributed by atoms with Gasteiger partial charge >= 0.3 is 0 Å². The third-order valence-electron chi connectivity index (χ3n) is 7.67. The number of carbonyl (C=O) groups excluding carboxylic acids is 4. The zero-order valence-corrected chi connectivity index (χ0v) is 22.3. The molecular formula is C31H33N5O4. The first-order chi connectivity index (χ1) is 19.4. The maximum absolute atomic E-state index is 12.8. The Kier molecular flexibility index (Phi) is 8.59. The first kappa shape index (κ1) is 27.2. The van der Waals surface area contributed by atoms with Crippen LogP contribution in [-0.4, -0.2) is 46.6 Å². The lowest BCUT2D eigenvalue weighted by Gasteiger charge is -2.28. The summed E-state index contributed by atoms with van der Waals surface area (Å²) in [5.74, 6) is -0.352. The fraction of sp³-hybridized carbons (Fsp3) is 0.355. The van der Waals surface area contributed by atoms with Crippen molar-refractivity contribution in [1.29, 1.82) is 0 Å². The third kappa shape index (κ3) is 6.97. The van der Waals surface area contributed by atoms with Gasteiger partial charge in [-0.25, -0.2) is 9.97 Å². The Morgan fingerprint density at radius 2 is 0.975 bits per heavy atom. The minimum absolute atomic E-state index is 0.118. The van der Waals surface area contributed by atoms with Crippen LogP contribution < -0.4 is 16.0 Å². The van der Waals surface area contributed by atoms with E-state index in [9.17, 15) is 19.2 Å². The highest BCUT2D eigenvalue weighted by Gasteiger charge is 2.23. The van der Waals surface area contributed by atoms with Crippen molar-refractivity contribution in [3.63, 3.8) is 0 Å². The van der Waals surface area contributed by atoms with Gasteiger partial charge in [-0.1, -0.05) is 36.4 Å². The number of aryl methyl sites for hydroxylation is 1. The van der Waals surface area contributed by atoms with Crippen LogP contribution in [0.15, 0.2) is 60.7 Å². The standard InChI is InChI=1S/C31H33N5O4/c37-28-16-15-20-7-9-21(10-8-20)17-33-30(39)26-5-2-6-27(36-26)31(40)34-19-23-13-11-22(12-14-23)18-32-29(38)25-4-1-3-24(28)35-25/h1-10,22-23H,11-19H2,(H,32,38)(H,33,39)(H,34,40). The van der Waals surface area contributed by atoms with Crippen LogP contribution in [0.5, 0.6) is 0 Å². The third-order valence-corrected chi connectivity index (χ3v) is 7.67. The first-order valence-electron chi connectivity index (χ1n) is 13.8. The van der Waals surface area contributed by atoms with Gasteiger partial charge in [0.05, 0.1) is 0 Å². The fourth-order valence-corrected chi connectivity index (χ4v) is 5.18. The molecule has 2 aromatic heterocycles. The number of rotatable bonds is 0. The van der Waals surface area contributed by atoms with Crippen LogP contribution in [0.4, 0.5) is 0 Å². The molecule has 3 aromatic rings. The summed E-state index contributed by atoms with van der Waals surface area (Å²) in [7, 11) is 0. The van der Waals surface area contributed by atoms with Crippen LogP contribution in [0.1, 0.15) is 85.2 Å². The number of carbonyl (C=O) groups is 4. The van der Waals surface area contributed by atoms with Crippen LogP contribution >= 0.6 is 0 Å². The molecule has 8 rings (SSSR count). The molecule has 3 amide bonds. The molecule has 8 bridgehead atoms. The van der Waals surface area contributed by atoms with E-state index >= 15 is 0 Å². The van der Waals surface area contributed by atoms with Gasteiger partial charge in [-0.15, -0.1) is 0 Å². The second-order valence-corrected chi connectivity index (χ2v) is 10.5. The molecule has 0 unspecified atom stereocenters. The van der Waals surface area contributed by atoms with Crippen molar-refractivity contribution in [2.75, 3.05) is 13.1 Å². The zero-order chi connectivity index (χ0) is 27.9. The van der Waals surface area contributed by atoms with Crippen molar-refractivity contribution in [2.45, 2.75) is 45.1 Å². The van der Waals surface area contributed by atoms with Gasteiger partial charge in [0.2, 0.25) is 0 Å². The molecule has 0 saturated heterocycles. The van der Waals surface area contributed by atoms with Crippen molar-refractivity contribution in [1.82, 2.24) is 25.9 Å². The van der Waals surface area contributed by atoms with Crippen molar-refractivity contribution in [3.05, 3.63) is 94.6 Å². The summed E-state index contributed by atoms with van der Waals surface area (Å²) in [6.07, 6.45) is 4.58. The van der Waals surface area contributed by atoms with Crippen LogP contribution in [0, 0.1) is 11.8 Å². The van der Waals surface area contributed by atoms with Crippen molar-refractivity contribution >= 4 is 23.5 Å². The molecule has 1 saturated carbocycles. The first-order valence-corrected chi connectivity index (χ1v) is 13.8. The summed E-state index contributed by atoms with van der Waals surface area (Å²) >= 11 is 0. The van der Waals surface area contributed by atoms with Gasteiger partial charge in [0.25, 0.3) is 17.7 Å². The van der Waals surface area contributed by atoms with E-state index in [-0.39, 0.29) is 52.7 Å². The molecular weight excluding hydrogens is 506 g/mol. The highest BCUT2D eigenvalue weighted by molar-refractivity contribution is 5.97. The highest BCUT2D eigenvalue weighted by Crippen LogP contribution is 2.28. The van der Waals surface area contributed by atoms with Crippen molar-refractivity contribution in [2.24, 2.45) is 11.8 Å². The van der Waals surface area contributed by atoms with E-state index in [0.717, 1.165) is 36.8 Å². The number of ketones is 1. The van der Waals surface area contributed by atoms with Crippen molar-refractivity contribution < 1.29 is 19.2 Å². The SMILES string of the molecule is O=C1CCc2ccc(cc2)CNC(=O)c2cccc(n2)C(=O)NCC2CCC(CC2)CNC(=O)c2cccc1n2. The number of nitrogens with one attached hydrogen (secondary N) is 3. The molecule has 5 aliphatic rings. The summed E-state index contributed by atoms with van der Waals surface area (Å²) in [5, 5.41) is 8.80. The fourth-order valence-electron chi connectivity index (χ4n) is 5.18. The largest absolute Gasteiger partial charge is 0.350 e. The Bertz CT molecular complexity index is 1290. The van der Waals surface area contributed by atoms with Gasteiger partial charge in [0, 0.05) is 26.1 Å². The molecule has 1 aliphatic carbocycles. The van der Waals surface area contributed by atoms with E-state index in [2.05, 4.69) is 25.9 Å². The van der Waals surface area contributed by atoms with Gasteiger partial charge in [-0.05, 0) is 79.3 Å². The minimum Gasteiger partial charge on any atom is -0.350 e. The average Bonchev–Trinajstić information content (AvgIpc) is 3.00. The number of aromatic nitrogens is 2. The molecule has 9 nitrogen and oxygen atoms in total. The van der Waals surface area contributed by atoms with Gasteiger partial charge < -0.3 is 16.0 Å². The highest BCUT2D eigenvalue weighted by atomic mass is 16.2. The Hall–Kier alpha value is -4.40. The lowest BCUT2D eigenvalue weighted by atomic mass is 9.82. The lowest BCUT2D eigenvalue weighted by Crippen LogP contribution is -2.35. The second kappa shape index (κ2) is 12.6. The van der Waals surface area contributed by atoms with Gasteiger partial charge in [-0.3, -0.25) is 19.2 Å². The van der Waals surface area contributed by atoms with E-state index in [1.165, 1.54) is 0 Å². The van der Waals surface area contributed by atoms with E-state index < -0.39 is 0 Å². The normalized spacial score (nSPS) is 20.9. The Labute approximate surface area is 233 Å². The number of nitrogens with zero attached hydrogens (tertiary/aromatic N) is 2. The van der Waals surface area contributed by atoms with Crippen LogP contribution in [-0.2, 0) is 13.0 Å². The van der Waals surface area contributed by atoms with Crippen molar-refractivity contribution in [3.8, 4) is 0 Å². The summed E-state index contributed by atoms with van der Waals surface area (Å²) in [6, 6.07) is 17.5. The van der Waals surface area contributed by atoms with E-state index in [1.54, 1.807) is 36.4 Å². The van der Waals surface area contributed by atoms with Gasteiger partial charge in [0.1, 0.15) is 22.8 Å². The smallest absolute Gasteiger partial charge is 0.270 e. The molecule has 0 atom stereocenters. The summed E-state index contributed by atoms with van der Waals surface area (Å²) in [5.41, 5.74) is 2.80. The number of pyridine rings is 2. The number of Topliss-reactive ketones (excluding diaryl/α,β-unsaturated/α-hetero) is 1. The molecule has 1 fully saturated rings. The van der Waals surface area contributed by atoms with Gasteiger partial charge in [-0.2, -0.15) is 0 Å². The summed E-state index contributed by atoms with van der Waals surface area (Å²) in [6.45, 7) is 1.39.